The zero-order chi connectivity index (χ0) is 38.2. The number of fused-ring (bicyclic) bond motifs is 10. The second kappa shape index (κ2) is 12.9. The molecule has 12 rings (SSSR count). The molecular weight excluding hydrogens is 717 g/mol. The van der Waals surface area contributed by atoms with Crippen LogP contribution in [0, 0.1) is 0 Å². The van der Waals surface area contributed by atoms with Gasteiger partial charge < -0.3 is 9.13 Å². The molecule has 58 heavy (non-hydrogen) atoms. The summed E-state index contributed by atoms with van der Waals surface area (Å²) in [6.45, 7) is 0. The number of hydrogen-bond acceptors (Lipinski definition) is 0. The Morgan fingerprint density at radius 2 is 0.828 bits per heavy atom. The SMILES string of the molecule is c1ccc(-n2c3ccc(-n4c5ccccc5c5ccccc54)cc3c3c4c(ccc32)-c2cc([Si](c3ccccc3)(c3ccccc3)c3ccccc3)ccc2C4)cc1. The van der Waals surface area contributed by atoms with Crippen molar-refractivity contribution in [1.29, 1.82) is 0 Å². The van der Waals surface area contributed by atoms with Crippen molar-refractivity contribution in [3.05, 3.63) is 230 Å². The Morgan fingerprint density at radius 3 is 1.43 bits per heavy atom. The van der Waals surface area contributed by atoms with Crippen molar-refractivity contribution in [3.8, 4) is 22.5 Å². The summed E-state index contributed by atoms with van der Waals surface area (Å²) < 4.78 is 4.91. The van der Waals surface area contributed by atoms with E-state index in [1.54, 1.807) is 0 Å². The van der Waals surface area contributed by atoms with Gasteiger partial charge in [-0.1, -0.05) is 170 Å². The molecule has 2 heterocycles. The summed E-state index contributed by atoms with van der Waals surface area (Å²) in [7, 11) is -2.69. The molecule has 11 aromatic rings. The minimum Gasteiger partial charge on any atom is -0.309 e. The van der Waals surface area contributed by atoms with Gasteiger partial charge in [0.2, 0.25) is 0 Å². The van der Waals surface area contributed by atoms with E-state index in [0.717, 1.165) is 6.42 Å². The molecule has 0 amide bonds. The van der Waals surface area contributed by atoms with Gasteiger partial charge in [0.15, 0.2) is 8.07 Å². The predicted octanol–water partition coefficient (Wildman–Crippen LogP) is 10.8. The average molecular weight is 755 g/mol. The highest BCUT2D eigenvalue weighted by Crippen LogP contribution is 2.45. The van der Waals surface area contributed by atoms with Crippen LogP contribution in [0.25, 0.3) is 66.1 Å². The van der Waals surface area contributed by atoms with Crippen LogP contribution in [-0.4, -0.2) is 17.2 Å². The fourth-order valence-corrected chi connectivity index (χ4v) is 15.0. The highest BCUT2D eigenvalue weighted by atomic mass is 28.3. The van der Waals surface area contributed by atoms with E-state index in [4.69, 9.17) is 0 Å². The Bertz CT molecular complexity index is 3190. The second-order valence-electron chi connectivity index (χ2n) is 15.6. The zero-order valence-corrected chi connectivity index (χ0v) is 32.9. The van der Waals surface area contributed by atoms with Crippen molar-refractivity contribution < 1.29 is 0 Å². The Balaban J connectivity index is 1.13. The van der Waals surface area contributed by atoms with Crippen molar-refractivity contribution in [2.24, 2.45) is 0 Å². The molecule has 0 unspecified atom stereocenters. The van der Waals surface area contributed by atoms with Crippen LogP contribution < -0.4 is 20.7 Å². The molecule has 0 radical (unpaired) electrons. The monoisotopic (exact) mass is 754 g/mol. The average Bonchev–Trinajstić information content (AvgIpc) is 3.95. The molecule has 2 aromatic heterocycles. The third-order valence-electron chi connectivity index (χ3n) is 12.7. The summed E-state index contributed by atoms with van der Waals surface area (Å²) in [5, 5.41) is 10.8. The van der Waals surface area contributed by atoms with E-state index >= 15 is 0 Å². The van der Waals surface area contributed by atoms with Gasteiger partial charge in [-0.2, -0.15) is 0 Å². The van der Waals surface area contributed by atoms with E-state index in [1.165, 1.54) is 98.0 Å². The first-order valence-corrected chi connectivity index (χ1v) is 22.2. The molecule has 9 aromatic carbocycles. The van der Waals surface area contributed by atoms with Crippen molar-refractivity contribution in [3.63, 3.8) is 0 Å². The van der Waals surface area contributed by atoms with Gasteiger partial charge in [0, 0.05) is 32.9 Å². The Morgan fingerprint density at radius 1 is 0.328 bits per heavy atom. The van der Waals surface area contributed by atoms with E-state index in [9.17, 15) is 0 Å². The van der Waals surface area contributed by atoms with Gasteiger partial charge in [0.1, 0.15) is 0 Å². The maximum Gasteiger partial charge on any atom is 0.179 e. The van der Waals surface area contributed by atoms with Crippen LogP contribution in [0.5, 0.6) is 0 Å². The van der Waals surface area contributed by atoms with Gasteiger partial charge in [-0.3, -0.25) is 0 Å². The lowest BCUT2D eigenvalue weighted by atomic mass is 10.0. The molecule has 1 aliphatic carbocycles. The maximum absolute atomic E-state index is 2.69. The highest BCUT2D eigenvalue weighted by molar-refractivity contribution is 7.19. The summed E-state index contributed by atoms with van der Waals surface area (Å²) in [6, 6.07) is 81.5. The van der Waals surface area contributed by atoms with Crippen LogP contribution in [0.1, 0.15) is 11.1 Å². The Hall–Kier alpha value is -7.20. The lowest BCUT2D eigenvalue weighted by Crippen LogP contribution is -2.74. The predicted molar refractivity (Wildman–Crippen MR) is 247 cm³/mol. The topological polar surface area (TPSA) is 9.86 Å². The number of para-hydroxylation sites is 3. The fourth-order valence-electron chi connectivity index (χ4n) is 10.3. The van der Waals surface area contributed by atoms with Gasteiger partial charge in [-0.05, 0) is 98.0 Å². The lowest BCUT2D eigenvalue weighted by molar-refractivity contribution is 1.16. The largest absolute Gasteiger partial charge is 0.309 e. The number of nitrogens with zero attached hydrogens (tertiary/aromatic N) is 2. The van der Waals surface area contributed by atoms with Crippen LogP contribution in [-0.2, 0) is 6.42 Å². The van der Waals surface area contributed by atoms with Gasteiger partial charge >= 0.3 is 0 Å². The third-order valence-corrected chi connectivity index (χ3v) is 17.5. The van der Waals surface area contributed by atoms with Gasteiger partial charge in [-0.15, -0.1) is 0 Å². The fraction of sp³-hybridized carbons (Fsp3) is 0.0182. The Labute approximate surface area is 338 Å². The van der Waals surface area contributed by atoms with Gasteiger partial charge in [0.05, 0.1) is 22.1 Å². The zero-order valence-electron chi connectivity index (χ0n) is 31.9. The summed E-state index contributed by atoms with van der Waals surface area (Å²) in [5.74, 6) is 0. The molecule has 0 bridgehead atoms. The lowest BCUT2D eigenvalue weighted by Gasteiger charge is -2.34. The molecule has 0 atom stereocenters. The van der Waals surface area contributed by atoms with Gasteiger partial charge in [-0.25, -0.2) is 0 Å². The maximum atomic E-state index is 2.56. The molecule has 0 aliphatic heterocycles. The number of hydrogen-bond donors (Lipinski definition) is 0. The van der Waals surface area contributed by atoms with E-state index < -0.39 is 8.07 Å². The smallest absolute Gasteiger partial charge is 0.179 e. The minimum absolute atomic E-state index is 0.895. The number of benzene rings is 9. The van der Waals surface area contributed by atoms with Crippen LogP contribution in [0.4, 0.5) is 0 Å². The van der Waals surface area contributed by atoms with Crippen LogP contribution in [0.2, 0.25) is 0 Å². The van der Waals surface area contributed by atoms with Crippen LogP contribution >= 0.6 is 0 Å². The van der Waals surface area contributed by atoms with Crippen molar-refractivity contribution in [2.45, 2.75) is 6.42 Å². The normalized spacial score (nSPS) is 12.4. The first-order chi connectivity index (χ1) is 28.8. The summed E-state index contributed by atoms with van der Waals surface area (Å²) in [4.78, 5) is 0. The quantitative estimate of drug-likeness (QED) is 0.118. The third kappa shape index (κ3) is 4.71. The van der Waals surface area contributed by atoms with E-state index in [0.29, 0.717) is 0 Å². The van der Waals surface area contributed by atoms with Crippen LogP contribution in [0.15, 0.2) is 218 Å². The molecule has 0 saturated heterocycles. The molecule has 0 N–H and O–H groups in total. The summed E-state index contributed by atoms with van der Waals surface area (Å²) >= 11 is 0. The van der Waals surface area contributed by atoms with Crippen molar-refractivity contribution in [2.75, 3.05) is 0 Å². The first-order valence-electron chi connectivity index (χ1n) is 20.2. The van der Waals surface area contributed by atoms with Crippen molar-refractivity contribution >= 4 is 72.4 Å². The minimum atomic E-state index is -2.69. The number of rotatable bonds is 6. The van der Waals surface area contributed by atoms with Crippen LogP contribution in [0.3, 0.4) is 0 Å². The van der Waals surface area contributed by atoms with Crippen molar-refractivity contribution in [1.82, 2.24) is 9.13 Å². The standard InChI is InChI=1S/C55H38N2Si/c1-5-17-39(18-6-1)56-53-33-30-40(57-51-27-15-13-25-46(51)47-26-14-16-28-52(47)57)36-50(53)55-49-35-38-29-31-44(37-48(38)45(49)32-34-54(55)56)58(41-19-7-2-8-20-41,42-21-9-3-10-22-42)43-23-11-4-12-24-43/h1-34,36-37H,35H2. The molecule has 0 saturated carbocycles. The number of aromatic nitrogens is 2. The molecule has 3 heteroatoms. The second-order valence-corrected chi connectivity index (χ2v) is 19.4. The molecule has 272 valence electrons. The molecule has 0 fully saturated rings. The summed E-state index contributed by atoms with van der Waals surface area (Å²) in [6.07, 6.45) is 0.895. The highest BCUT2D eigenvalue weighted by Gasteiger charge is 2.42. The Kier molecular flexibility index (Phi) is 7.35. The summed E-state index contributed by atoms with van der Waals surface area (Å²) in [5.41, 5.74) is 12.8. The molecular formula is C55H38N2Si. The van der Waals surface area contributed by atoms with E-state index in [1.807, 2.05) is 0 Å². The molecule has 1 aliphatic rings. The van der Waals surface area contributed by atoms with E-state index in [-0.39, 0.29) is 0 Å². The van der Waals surface area contributed by atoms with Gasteiger partial charge in [0.25, 0.3) is 0 Å². The molecule has 0 spiro atoms. The first kappa shape index (κ1) is 33.0. The molecule has 2 nitrogen and oxygen atoms in total. The van der Waals surface area contributed by atoms with E-state index in [2.05, 4.69) is 228 Å².